The van der Waals surface area contributed by atoms with Crippen molar-refractivity contribution in [3.8, 4) is 0 Å². The van der Waals surface area contributed by atoms with Gasteiger partial charge >= 0.3 is 11.8 Å². The van der Waals surface area contributed by atoms with Gasteiger partial charge in [0.05, 0.1) is 6.21 Å². The molecule has 0 saturated carbocycles. The van der Waals surface area contributed by atoms with E-state index in [0.29, 0.717) is 5.69 Å². The fourth-order valence-corrected chi connectivity index (χ4v) is 3.29. The molecule has 0 heterocycles. The fourth-order valence-electron chi connectivity index (χ4n) is 3.29. The molecule has 0 bridgehead atoms. The molecule has 0 atom stereocenters. The van der Waals surface area contributed by atoms with E-state index in [1.807, 2.05) is 67.6 Å². The molecule has 0 unspecified atom stereocenters. The van der Waals surface area contributed by atoms with Crippen LogP contribution in [0.4, 0.5) is 5.69 Å². The average Bonchev–Trinajstić information content (AvgIpc) is 2.74. The number of hydrogen-bond acceptors (Lipinski definition) is 3. The quantitative estimate of drug-likeness (QED) is 0.239. The zero-order chi connectivity index (χ0) is 20.2. The number of hydrazone groups is 1. The van der Waals surface area contributed by atoms with E-state index in [1.165, 1.54) is 0 Å². The molecule has 2 N–H and O–H groups in total. The van der Waals surface area contributed by atoms with Gasteiger partial charge in [0.1, 0.15) is 0 Å². The maximum absolute atomic E-state index is 12.1. The Morgan fingerprint density at radius 2 is 1.38 bits per heavy atom. The Kier molecular flexibility index (Phi) is 5.03. The molecule has 5 nitrogen and oxygen atoms in total. The van der Waals surface area contributed by atoms with Gasteiger partial charge < -0.3 is 5.32 Å². The molecule has 4 aromatic carbocycles. The van der Waals surface area contributed by atoms with Gasteiger partial charge in [-0.05, 0) is 46.2 Å². The minimum atomic E-state index is -0.825. The predicted molar refractivity (Wildman–Crippen MR) is 117 cm³/mol. The highest BCUT2D eigenvalue weighted by molar-refractivity contribution is 6.39. The molecule has 4 rings (SSSR count). The van der Waals surface area contributed by atoms with Gasteiger partial charge in [-0.1, -0.05) is 66.7 Å². The van der Waals surface area contributed by atoms with E-state index in [0.717, 1.165) is 32.7 Å². The maximum Gasteiger partial charge on any atom is 0.329 e. The highest BCUT2D eigenvalue weighted by atomic mass is 16.2. The number of amides is 2. The normalized spacial score (nSPS) is 11.1. The summed E-state index contributed by atoms with van der Waals surface area (Å²) in [4.78, 5) is 24.3. The molecule has 0 spiro atoms. The summed E-state index contributed by atoms with van der Waals surface area (Å²) < 4.78 is 0. The van der Waals surface area contributed by atoms with Crippen LogP contribution in [0.1, 0.15) is 11.1 Å². The van der Waals surface area contributed by atoms with Crippen LogP contribution in [0.2, 0.25) is 0 Å². The topological polar surface area (TPSA) is 70.6 Å². The summed E-state index contributed by atoms with van der Waals surface area (Å²) in [6.45, 7) is 1.86. The Bertz CT molecular complexity index is 1210. The number of carbonyl (C=O) groups is 2. The molecule has 142 valence electrons. The van der Waals surface area contributed by atoms with Crippen LogP contribution in [0, 0.1) is 6.92 Å². The van der Waals surface area contributed by atoms with Gasteiger partial charge in [-0.2, -0.15) is 5.10 Å². The first-order valence-corrected chi connectivity index (χ1v) is 9.24. The standard InChI is InChI=1S/C24H19N3O2/c1-16-8-2-7-13-22(16)26-23(28)24(29)27-25-15-21-19-11-5-3-9-17(19)14-18-10-4-6-12-20(18)21/h2-15H,1H3,(H,26,28)(H,27,29)/b25-15+. The van der Waals surface area contributed by atoms with Crippen molar-refractivity contribution in [1.29, 1.82) is 0 Å². The molecule has 0 aliphatic heterocycles. The summed E-state index contributed by atoms with van der Waals surface area (Å²) >= 11 is 0. The Balaban J connectivity index is 1.57. The smallest absolute Gasteiger partial charge is 0.317 e. The molecule has 2 amide bonds. The third-order valence-electron chi connectivity index (χ3n) is 4.77. The van der Waals surface area contributed by atoms with Gasteiger partial charge in [0.2, 0.25) is 0 Å². The number of nitrogens with one attached hydrogen (secondary N) is 2. The van der Waals surface area contributed by atoms with E-state index in [4.69, 9.17) is 0 Å². The Hall–Kier alpha value is -3.99. The van der Waals surface area contributed by atoms with Crippen LogP contribution in [-0.4, -0.2) is 18.0 Å². The number of carbonyl (C=O) groups excluding carboxylic acids is 2. The highest BCUT2D eigenvalue weighted by Crippen LogP contribution is 2.27. The number of benzene rings is 4. The lowest BCUT2D eigenvalue weighted by atomic mass is 9.97. The molecule has 0 aliphatic carbocycles. The molecule has 0 radical (unpaired) electrons. The van der Waals surface area contributed by atoms with Gasteiger partial charge in [-0.25, -0.2) is 5.43 Å². The van der Waals surface area contributed by atoms with E-state index < -0.39 is 11.8 Å². The monoisotopic (exact) mass is 381 g/mol. The maximum atomic E-state index is 12.1. The van der Waals surface area contributed by atoms with Crippen molar-refractivity contribution in [2.75, 3.05) is 5.32 Å². The average molecular weight is 381 g/mol. The number of rotatable bonds is 3. The van der Waals surface area contributed by atoms with Gasteiger partial charge in [-0.15, -0.1) is 0 Å². The van der Waals surface area contributed by atoms with E-state index in [-0.39, 0.29) is 0 Å². The summed E-state index contributed by atoms with van der Waals surface area (Å²) in [5.74, 6) is -1.59. The Morgan fingerprint density at radius 1 is 0.793 bits per heavy atom. The lowest BCUT2D eigenvalue weighted by Gasteiger charge is -2.08. The van der Waals surface area contributed by atoms with Crippen LogP contribution >= 0.6 is 0 Å². The summed E-state index contributed by atoms with van der Waals surface area (Å²) in [7, 11) is 0. The van der Waals surface area contributed by atoms with Crippen LogP contribution < -0.4 is 10.7 Å². The zero-order valence-corrected chi connectivity index (χ0v) is 15.8. The predicted octanol–water partition coefficient (Wildman–Crippen LogP) is 4.39. The van der Waals surface area contributed by atoms with Crippen LogP contribution in [0.25, 0.3) is 21.5 Å². The number of para-hydroxylation sites is 1. The van der Waals surface area contributed by atoms with Crippen molar-refractivity contribution in [3.05, 3.63) is 90.0 Å². The van der Waals surface area contributed by atoms with Crippen molar-refractivity contribution < 1.29 is 9.59 Å². The van der Waals surface area contributed by atoms with E-state index >= 15 is 0 Å². The third kappa shape index (κ3) is 3.84. The number of aryl methyl sites for hydroxylation is 1. The highest BCUT2D eigenvalue weighted by Gasteiger charge is 2.14. The second kappa shape index (κ2) is 7.94. The van der Waals surface area contributed by atoms with E-state index in [2.05, 4.69) is 21.9 Å². The largest absolute Gasteiger partial charge is 0.329 e. The van der Waals surface area contributed by atoms with E-state index in [9.17, 15) is 9.59 Å². The zero-order valence-electron chi connectivity index (χ0n) is 15.8. The SMILES string of the molecule is Cc1ccccc1NC(=O)C(=O)N/N=C/c1c2ccccc2cc2ccccc12. The van der Waals surface area contributed by atoms with Crippen LogP contribution in [0.5, 0.6) is 0 Å². The number of hydrogen-bond donors (Lipinski definition) is 2. The fraction of sp³-hybridized carbons (Fsp3) is 0.0417. The minimum Gasteiger partial charge on any atom is -0.317 e. The third-order valence-corrected chi connectivity index (χ3v) is 4.77. The Labute approximate surface area is 168 Å². The van der Waals surface area contributed by atoms with E-state index in [1.54, 1.807) is 18.3 Å². The lowest BCUT2D eigenvalue weighted by Crippen LogP contribution is -2.32. The number of nitrogens with zero attached hydrogens (tertiary/aromatic N) is 1. The number of fused-ring (bicyclic) bond motifs is 2. The van der Waals surface area contributed by atoms with Crippen molar-refractivity contribution in [2.24, 2.45) is 5.10 Å². The van der Waals surface area contributed by atoms with Crippen molar-refractivity contribution in [3.63, 3.8) is 0 Å². The Morgan fingerprint density at radius 3 is 2.03 bits per heavy atom. The van der Waals surface area contributed by atoms with Crippen LogP contribution in [0.3, 0.4) is 0 Å². The van der Waals surface area contributed by atoms with Crippen molar-refractivity contribution >= 4 is 45.3 Å². The first-order chi connectivity index (χ1) is 14.1. The molecule has 0 saturated heterocycles. The molecular weight excluding hydrogens is 362 g/mol. The molecule has 0 fully saturated rings. The second-order valence-electron chi connectivity index (χ2n) is 6.70. The molecule has 29 heavy (non-hydrogen) atoms. The van der Waals surface area contributed by atoms with Gasteiger partial charge in [0, 0.05) is 11.3 Å². The summed E-state index contributed by atoms with van der Waals surface area (Å²) in [6.07, 6.45) is 1.59. The first-order valence-electron chi connectivity index (χ1n) is 9.24. The van der Waals surface area contributed by atoms with Crippen molar-refractivity contribution in [2.45, 2.75) is 6.92 Å². The summed E-state index contributed by atoms with van der Waals surface area (Å²) in [5, 5.41) is 10.8. The second-order valence-corrected chi connectivity index (χ2v) is 6.70. The molecule has 4 aromatic rings. The van der Waals surface area contributed by atoms with Crippen LogP contribution in [-0.2, 0) is 9.59 Å². The minimum absolute atomic E-state index is 0.594. The summed E-state index contributed by atoms with van der Waals surface area (Å²) in [6, 6.07) is 25.4. The summed E-state index contributed by atoms with van der Waals surface area (Å²) in [5.41, 5.74) is 4.67. The lowest BCUT2D eigenvalue weighted by molar-refractivity contribution is -0.136. The number of anilines is 1. The molecular formula is C24H19N3O2. The molecule has 5 heteroatoms. The molecule has 0 aromatic heterocycles. The van der Waals surface area contributed by atoms with Gasteiger partial charge in [-0.3, -0.25) is 9.59 Å². The van der Waals surface area contributed by atoms with Crippen molar-refractivity contribution in [1.82, 2.24) is 5.43 Å². The molecule has 0 aliphatic rings. The van der Waals surface area contributed by atoms with Gasteiger partial charge in [0.15, 0.2) is 0 Å². The van der Waals surface area contributed by atoms with Gasteiger partial charge in [0.25, 0.3) is 0 Å². The van der Waals surface area contributed by atoms with Crippen LogP contribution in [0.15, 0.2) is 84.0 Å². The first kappa shape index (κ1) is 18.4.